The van der Waals surface area contributed by atoms with Gasteiger partial charge in [-0.1, -0.05) is 59.3 Å². The topological polar surface area (TPSA) is 97.5 Å². The summed E-state index contributed by atoms with van der Waals surface area (Å²) in [7, 11) is 0. The molecule has 0 spiro atoms. The van der Waals surface area contributed by atoms with Gasteiger partial charge in [0.15, 0.2) is 12.4 Å². The van der Waals surface area contributed by atoms with Gasteiger partial charge in [0, 0.05) is 17.7 Å². The van der Waals surface area contributed by atoms with Crippen LogP contribution in [0.2, 0.25) is 0 Å². The average molecular weight is 465 g/mol. The van der Waals surface area contributed by atoms with Crippen molar-refractivity contribution in [3.63, 3.8) is 0 Å². The molecular formula is C28H24N4O3. The molecule has 0 unspecified atom stereocenters. The molecule has 0 saturated carbocycles. The van der Waals surface area contributed by atoms with Gasteiger partial charge in [0.05, 0.1) is 16.9 Å². The van der Waals surface area contributed by atoms with E-state index in [9.17, 15) is 14.7 Å². The third-order valence-corrected chi connectivity index (χ3v) is 5.45. The number of hydrogen-bond acceptors (Lipinski definition) is 4. The summed E-state index contributed by atoms with van der Waals surface area (Å²) in [6.07, 6.45) is 3.34. The Morgan fingerprint density at radius 2 is 1.37 bits per heavy atom. The maximum Gasteiger partial charge on any atom is 0.309 e. The fraction of sp³-hybridized carbons (Fsp3) is 0.0714. The highest BCUT2D eigenvalue weighted by Gasteiger charge is 2.21. The van der Waals surface area contributed by atoms with Gasteiger partial charge in [-0.3, -0.25) is 14.6 Å². The Balaban J connectivity index is 1.78. The normalized spacial score (nSPS) is 11.1. The van der Waals surface area contributed by atoms with E-state index in [0.717, 1.165) is 11.1 Å². The molecule has 0 radical (unpaired) electrons. The first-order valence-electron chi connectivity index (χ1n) is 11.0. The highest BCUT2D eigenvalue weighted by atomic mass is 16.3. The standard InChI is InChI=1S/C28H24N4O3/c1-19-11-4-6-13-21(19)26(33)29-23-15-10-16-24(30-27(34)22-14-7-5-12-20(22)2)25(23)28(35)31-32-17-8-3-9-18-32/h3-18H,1-2H3,(H2-,29,30,31,33,34,35). The molecule has 4 rings (SSSR count). The molecule has 0 bridgehead atoms. The number of rotatable bonds is 6. The van der Waals surface area contributed by atoms with Crippen molar-refractivity contribution in [2.75, 3.05) is 10.7 Å². The zero-order valence-corrected chi connectivity index (χ0v) is 19.4. The van der Waals surface area contributed by atoms with E-state index in [2.05, 4.69) is 15.7 Å². The smallest absolute Gasteiger partial charge is 0.309 e. The van der Waals surface area contributed by atoms with Crippen molar-refractivity contribution in [3.05, 3.63) is 125 Å². The van der Waals surface area contributed by atoms with Gasteiger partial charge in [-0.15, -0.1) is 5.43 Å². The second-order valence-corrected chi connectivity index (χ2v) is 7.92. The Labute approximate surface area is 203 Å². The number of hydrogen-bond donors (Lipinski definition) is 2. The molecule has 0 fully saturated rings. The van der Waals surface area contributed by atoms with Crippen molar-refractivity contribution in [1.29, 1.82) is 0 Å². The van der Waals surface area contributed by atoms with E-state index in [1.54, 1.807) is 67.0 Å². The van der Waals surface area contributed by atoms with Gasteiger partial charge in [-0.25, -0.2) is 0 Å². The number of amides is 2. The zero-order chi connectivity index (χ0) is 24.8. The molecule has 1 aromatic heterocycles. The summed E-state index contributed by atoms with van der Waals surface area (Å²) in [6, 6.07) is 24.4. The van der Waals surface area contributed by atoms with Crippen LogP contribution in [-0.4, -0.2) is 17.7 Å². The van der Waals surface area contributed by atoms with E-state index in [-0.39, 0.29) is 22.8 Å². The molecule has 2 N–H and O–H groups in total. The number of nitrogens with zero attached hydrogens (tertiary/aromatic N) is 2. The van der Waals surface area contributed by atoms with Crippen LogP contribution >= 0.6 is 0 Å². The number of pyridine rings is 1. The predicted molar refractivity (Wildman–Crippen MR) is 133 cm³/mol. The van der Waals surface area contributed by atoms with Crippen LogP contribution < -0.4 is 20.5 Å². The van der Waals surface area contributed by atoms with Crippen LogP contribution in [0.1, 0.15) is 37.4 Å². The molecule has 1 heterocycles. The van der Waals surface area contributed by atoms with Crippen molar-refractivity contribution in [1.82, 2.24) is 0 Å². The SMILES string of the molecule is Cc1ccccc1C(=O)Nc1cccc(N=C([O-])c2ccccc2C)c1C(=O)N[n+]1ccccc1. The highest BCUT2D eigenvalue weighted by molar-refractivity contribution is 6.13. The molecular weight excluding hydrogens is 440 g/mol. The fourth-order valence-corrected chi connectivity index (χ4v) is 3.62. The molecule has 0 saturated heterocycles. The minimum absolute atomic E-state index is 0.0766. The van der Waals surface area contributed by atoms with Crippen LogP contribution in [0.5, 0.6) is 0 Å². The molecule has 0 atom stereocenters. The number of benzene rings is 3. The van der Waals surface area contributed by atoms with Gasteiger partial charge in [0.1, 0.15) is 0 Å². The molecule has 174 valence electrons. The van der Waals surface area contributed by atoms with Gasteiger partial charge in [0.25, 0.3) is 5.91 Å². The van der Waals surface area contributed by atoms with Gasteiger partial charge in [-0.05, 0) is 54.6 Å². The molecule has 0 aliphatic rings. The Hall–Kier alpha value is -4.78. The molecule has 0 aliphatic heterocycles. The highest BCUT2D eigenvalue weighted by Crippen LogP contribution is 2.28. The van der Waals surface area contributed by atoms with E-state index in [4.69, 9.17) is 0 Å². The van der Waals surface area contributed by atoms with Crippen LogP contribution in [0.4, 0.5) is 11.4 Å². The summed E-state index contributed by atoms with van der Waals surface area (Å²) >= 11 is 0. The molecule has 35 heavy (non-hydrogen) atoms. The van der Waals surface area contributed by atoms with Crippen LogP contribution in [0.15, 0.2) is 102 Å². The van der Waals surface area contributed by atoms with Gasteiger partial charge < -0.3 is 10.4 Å². The second-order valence-electron chi connectivity index (χ2n) is 7.92. The predicted octanol–water partition coefficient (Wildman–Crippen LogP) is 3.67. The molecule has 7 nitrogen and oxygen atoms in total. The number of aromatic nitrogens is 1. The number of carbonyl (C=O) groups excluding carboxylic acids is 2. The number of nitrogens with one attached hydrogen (secondary N) is 2. The van der Waals surface area contributed by atoms with Gasteiger partial charge in [0.2, 0.25) is 0 Å². The first-order chi connectivity index (χ1) is 16.9. The van der Waals surface area contributed by atoms with Crippen LogP contribution in [0.3, 0.4) is 0 Å². The fourth-order valence-electron chi connectivity index (χ4n) is 3.62. The molecule has 3 aromatic carbocycles. The molecule has 7 heteroatoms. The van der Waals surface area contributed by atoms with Crippen LogP contribution in [-0.2, 0) is 0 Å². The van der Waals surface area contributed by atoms with E-state index in [0.29, 0.717) is 11.1 Å². The minimum Gasteiger partial charge on any atom is -0.858 e. The van der Waals surface area contributed by atoms with Gasteiger partial charge >= 0.3 is 5.91 Å². The number of aryl methyl sites for hydroxylation is 2. The summed E-state index contributed by atoms with van der Waals surface area (Å²) < 4.78 is 1.48. The van der Waals surface area contributed by atoms with Crippen LogP contribution in [0, 0.1) is 13.8 Å². The average Bonchev–Trinajstić information content (AvgIpc) is 2.85. The van der Waals surface area contributed by atoms with Crippen molar-refractivity contribution >= 4 is 29.1 Å². The van der Waals surface area contributed by atoms with Gasteiger partial charge in [-0.2, -0.15) is 0 Å². The Bertz CT molecular complexity index is 1410. The third kappa shape index (κ3) is 5.42. The minimum atomic E-state index is -0.529. The summed E-state index contributed by atoms with van der Waals surface area (Å²) in [4.78, 5) is 30.6. The lowest BCUT2D eigenvalue weighted by Crippen LogP contribution is -2.47. The maximum absolute atomic E-state index is 13.4. The summed E-state index contributed by atoms with van der Waals surface area (Å²) in [5.74, 6) is -1.38. The van der Waals surface area contributed by atoms with E-state index in [1.165, 1.54) is 4.68 Å². The first kappa shape index (κ1) is 23.4. The largest absolute Gasteiger partial charge is 0.858 e. The van der Waals surface area contributed by atoms with E-state index in [1.807, 2.05) is 44.2 Å². The molecule has 2 amide bonds. The van der Waals surface area contributed by atoms with Crippen molar-refractivity contribution in [2.24, 2.45) is 4.99 Å². The lowest BCUT2D eigenvalue weighted by atomic mass is 10.1. The van der Waals surface area contributed by atoms with Crippen LogP contribution in [0.25, 0.3) is 0 Å². The number of aliphatic imine (C=N–C) groups is 1. The lowest BCUT2D eigenvalue weighted by Gasteiger charge is -2.16. The van der Waals surface area contributed by atoms with Crippen molar-refractivity contribution < 1.29 is 19.4 Å². The Kier molecular flexibility index (Phi) is 6.97. The maximum atomic E-state index is 13.4. The van der Waals surface area contributed by atoms with E-state index < -0.39 is 11.8 Å². The summed E-state index contributed by atoms with van der Waals surface area (Å²) in [5, 5.41) is 15.8. The Morgan fingerprint density at radius 1 is 0.743 bits per heavy atom. The number of anilines is 1. The third-order valence-electron chi connectivity index (χ3n) is 5.45. The Morgan fingerprint density at radius 3 is 2.03 bits per heavy atom. The quantitative estimate of drug-likeness (QED) is 0.259. The van der Waals surface area contributed by atoms with Crippen molar-refractivity contribution in [3.8, 4) is 0 Å². The summed E-state index contributed by atoms with van der Waals surface area (Å²) in [6.45, 7) is 3.66. The summed E-state index contributed by atoms with van der Waals surface area (Å²) in [5.41, 5.74) is 5.70. The first-order valence-corrected chi connectivity index (χ1v) is 11.0. The second kappa shape index (κ2) is 10.4. The monoisotopic (exact) mass is 464 g/mol. The molecule has 4 aromatic rings. The lowest BCUT2D eigenvalue weighted by molar-refractivity contribution is -0.641. The van der Waals surface area contributed by atoms with Crippen molar-refractivity contribution in [2.45, 2.75) is 13.8 Å². The molecule has 0 aliphatic carbocycles. The zero-order valence-electron chi connectivity index (χ0n) is 19.4. The van der Waals surface area contributed by atoms with E-state index >= 15 is 0 Å². The number of carbonyl (C=O) groups is 2.